The molecule has 0 aliphatic heterocycles. The summed E-state index contributed by atoms with van der Waals surface area (Å²) < 4.78 is 14.0. The standard InChI is InChI=1S/C16H21BrFNO/c1-12-7-8-14(15(18)11-12)16(20)19(10-9-17)13-5-3-2-4-6-13/h7-8,11,13H,2-6,9-10H2,1H3. The highest BCUT2D eigenvalue weighted by atomic mass is 79.9. The number of amides is 1. The molecule has 0 bridgehead atoms. The fourth-order valence-electron chi connectivity index (χ4n) is 2.88. The fraction of sp³-hybridized carbons (Fsp3) is 0.562. The van der Waals surface area contributed by atoms with Crippen LogP contribution in [-0.4, -0.2) is 28.7 Å². The molecule has 1 saturated carbocycles. The van der Waals surface area contributed by atoms with Gasteiger partial charge in [0.15, 0.2) is 0 Å². The van der Waals surface area contributed by atoms with Gasteiger partial charge >= 0.3 is 0 Å². The maximum Gasteiger partial charge on any atom is 0.257 e. The third-order valence-electron chi connectivity index (χ3n) is 3.96. The molecule has 0 N–H and O–H groups in total. The summed E-state index contributed by atoms with van der Waals surface area (Å²) in [5, 5.41) is 0.725. The highest BCUT2D eigenvalue weighted by Gasteiger charge is 2.27. The van der Waals surface area contributed by atoms with Crippen LogP contribution in [0.5, 0.6) is 0 Å². The average molecular weight is 342 g/mol. The lowest BCUT2D eigenvalue weighted by Gasteiger charge is -2.34. The number of benzene rings is 1. The number of rotatable bonds is 4. The molecule has 1 aromatic carbocycles. The number of aryl methyl sites for hydroxylation is 1. The molecular formula is C16H21BrFNO. The van der Waals surface area contributed by atoms with Crippen LogP contribution in [0.25, 0.3) is 0 Å². The van der Waals surface area contributed by atoms with Crippen molar-refractivity contribution in [1.29, 1.82) is 0 Å². The lowest BCUT2D eigenvalue weighted by Crippen LogP contribution is -2.42. The molecule has 2 rings (SSSR count). The van der Waals surface area contributed by atoms with Crippen molar-refractivity contribution in [3.8, 4) is 0 Å². The number of halogens is 2. The minimum absolute atomic E-state index is 0.172. The van der Waals surface area contributed by atoms with Crippen molar-refractivity contribution in [2.75, 3.05) is 11.9 Å². The first kappa shape index (κ1) is 15.5. The molecule has 1 amide bonds. The Balaban J connectivity index is 2.21. The summed E-state index contributed by atoms with van der Waals surface area (Å²) in [7, 11) is 0. The maximum absolute atomic E-state index is 14.0. The summed E-state index contributed by atoms with van der Waals surface area (Å²) in [6.07, 6.45) is 5.63. The average Bonchev–Trinajstić information content (AvgIpc) is 2.45. The van der Waals surface area contributed by atoms with Gasteiger partial charge in [-0.05, 0) is 37.5 Å². The quantitative estimate of drug-likeness (QED) is 0.747. The van der Waals surface area contributed by atoms with E-state index in [1.54, 1.807) is 12.1 Å². The van der Waals surface area contributed by atoms with Crippen LogP contribution in [0.3, 0.4) is 0 Å². The normalized spacial score (nSPS) is 16.1. The van der Waals surface area contributed by atoms with Gasteiger partial charge in [-0.25, -0.2) is 4.39 Å². The molecule has 0 spiro atoms. The summed E-state index contributed by atoms with van der Waals surface area (Å²) in [5.74, 6) is -0.584. The Hall–Kier alpha value is -0.900. The summed E-state index contributed by atoms with van der Waals surface area (Å²) >= 11 is 3.40. The van der Waals surface area contributed by atoms with Crippen molar-refractivity contribution in [2.24, 2.45) is 0 Å². The van der Waals surface area contributed by atoms with Crippen LogP contribution >= 0.6 is 15.9 Å². The Bertz CT molecular complexity index is 472. The van der Waals surface area contributed by atoms with E-state index in [-0.39, 0.29) is 17.5 Å². The Kier molecular flexibility index (Phi) is 5.58. The predicted molar refractivity (Wildman–Crippen MR) is 82.8 cm³/mol. The zero-order valence-electron chi connectivity index (χ0n) is 11.9. The topological polar surface area (TPSA) is 20.3 Å². The van der Waals surface area contributed by atoms with Gasteiger partial charge in [0, 0.05) is 17.9 Å². The second-order valence-electron chi connectivity index (χ2n) is 5.46. The Morgan fingerprint density at radius 2 is 2.05 bits per heavy atom. The van der Waals surface area contributed by atoms with E-state index < -0.39 is 5.82 Å². The molecule has 0 radical (unpaired) electrons. The van der Waals surface area contributed by atoms with Crippen molar-refractivity contribution < 1.29 is 9.18 Å². The minimum atomic E-state index is -0.412. The Morgan fingerprint density at radius 1 is 1.35 bits per heavy atom. The van der Waals surface area contributed by atoms with Crippen molar-refractivity contribution >= 4 is 21.8 Å². The van der Waals surface area contributed by atoms with E-state index in [9.17, 15) is 9.18 Å². The molecule has 1 aliphatic carbocycles. The third-order valence-corrected chi connectivity index (χ3v) is 4.31. The molecule has 1 aromatic rings. The van der Waals surface area contributed by atoms with Crippen LogP contribution in [0.2, 0.25) is 0 Å². The Labute approximate surface area is 128 Å². The molecule has 0 aromatic heterocycles. The second kappa shape index (κ2) is 7.21. The first-order valence-corrected chi connectivity index (χ1v) is 8.38. The van der Waals surface area contributed by atoms with E-state index in [0.29, 0.717) is 6.54 Å². The lowest BCUT2D eigenvalue weighted by atomic mass is 9.93. The van der Waals surface area contributed by atoms with E-state index in [1.165, 1.54) is 12.5 Å². The molecule has 110 valence electrons. The van der Waals surface area contributed by atoms with Gasteiger partial charge in [0.25, 0.3) is 5.91 Å². The predicted octanol–water partition coefficient (Wildman–Crippen LogP) is 4.30. The van der Waals surface area contributed by atoms with Gasteiger partial charge in [-0.3, -0.25) is 4.79 Å². The van der Waals surface area contributed by atoms with E-state index in [0.717, 1.165) is 36.6 Å². The van der Waals surface area contributed by atoms with Crippen LogP contribution < -0.4 is 0 Å². The van der Waals surface area contributed by atoms with Gasteiger partial charge < -0.3 is 4.90 Å². The molecule has 4 heteroatoms. The molecule has 1 aliphatic rings. The number of nitrogens with zero attached hydrogens (tertiary/aromatic N) is 1. The minimum Gasteiger partial charge on any atom is -0.335 e. The number of carbonyl (C=O) groups excluding carboxylic acids is 1. The largest absolute Gasteiger partial charge is 0.335 e. The molecule has 1 fully saturated rings. The first-order valence-electron chi connectivity index (χ1n) is 7.26. The zero-order valence-corrected chi connectivity index (χ0v) is 13.5. The van der Waals surface area contributed by atoms with Gasteiger partial charge in [0.1, 0.15) is 5.82 Å². The molecule has 0 unspecified atom stereocenters. The van der Waals surface area contributed by atoms with Crippen LogP contribution in [0, 0.1) is 12.7 Å². The van der Waals surface area contributed by atoms with Crippen LogP contribution in [0.15, 0.2) is 18.2 Å². The summed E-state index contributed by atoms with van der Waals surface area (Å²) in [6.45, 7) is 2.46. The second-order valence-corrected chi connectivity index (χ2v) is 6.26. The monoisotopic (exact) mass is 341 g/mol. The van der Waals surface area contributed by atoms with E-state index >= 15 is 0 Å². The zero-order chi connectivity index (χ0) is 14.5. The molecule has 0 heterocycles. The fourth-order valence-corrected chi connectivity index (χ4v) is 3.26. The van der Waals surface area contributed by atoms with E-state index in [4.69, 9.17) is 0 Å². The summed E-state index contributed by atoms with van der Waals surface area (Å²) in [6, 6.07) is 5.09. The van der Waals surface area contributed by atoms with Crippen molar-refractivity contribution in [3.05, 3.63) is 35.1 Å². The first-order chi connectivity index (χ1) is 9.63. The maximum atomic E-state index is 14.0. The highest BCUT2D eigenvalue weighted by Crippen LogP contribution is 2.25. The smallest absolute Gasteiger partial charge is 0.257 e. The molecular weight excluding hydrogens is 321 g/mol. The van der Waals surface area contributed by atoms with Crippen LogP contribution in [0.1, 0.15) is 48.0 Å². The lowest BCUT2D eigenvalue weighted by molar-refractivity contribution is 0.0646. The SMILES string of the molecule is Cc1ccc(C(=O)N(CCBr)C2CCCCC2)c(F)c1. The number of hydrogen-bond acceptors (Lipinski definition) is 1. The van der Waals surface area contributed by atoms with Gasteiger partial charge in [0.2, 0.25) is 0 Å². The highest BCUT2D eigenvalue weighted by molar-refractivity contribution is 9.09. The van der Waals surface area contributed by atoms with Crippen molar-refractivity contribution in [2.45, 2.75) is 45.1 Å². The molecule has 20 heavy (non-hydrogen) atoms. The number of hydrogen-bond donors (Lipinski definition) is 0. The van der Waals surface area contributed by atoms with Gasteiger partial charge in [-0.1, -0.05) is 41.3 Å². The third kappa shape index (κ3) is 3.60. The van der Waals surface area contributed by atoms with Gasteiger partial charge in [-0.2, -0.15) is 0 Å². The Morgan fingerprint density at radius 3 is 2.65 bits per heavy atom. The summed E-state index contributed by atoms with van der Waals surface area (Å²) in [4.78, 5) is 14.5. The van der Waals surface area contributed by atoms with Crippen molar-refractivity contribution in [1.82, 2.24) is 4.90 Å². The number of carbonyl (C=O) groups is 1. The van der Waals surface area contributed by atoms with E-state index in [2.05, 4.69) is 15.9 Å². The van der Waals surface area contributed by atoms with Gasteiger partial charge in [-0.15, -0.1) is 0 Å². The van der Waals surface area contributed by atoms with Crippen LogP contribution in [0.4, 0.5) is 4.39 Å². The van der Waals surface area contributed by atoms with E-state index in [1.807, 2.05) is 11.8 Å². The van der Waals surface area contributed by atoms with Gasteiger partial charge in [0.05, 0.1) is 5.56 Å². The molecule has 0 saturated heterocycles. The van der Waals surface area contributed by atoms with Crippen molar-refractivity contribution in [3.63, 3.8) is 0 Å². The van der Waals surface area contributed by atoms with Crippen LogP contribution in [-0.2, 0) is 0 Å². The molecule has 0 atom stereocenters. The molecule has 2 nitrogen and oxygen atoms in total. The number of alkyl halides is 1. The summed E-state index contributed by atoms with van der Waals surface area (Å²) in [5.41, 5.74) is 1.03.